The summed E-state index contributed by atoms with van der Waals surface area (Å²) in [4.78, 5) is 13.2. The van der Waals surface area contributed by atoms with Crippen LogP contribution in [0.15, 0.2) is 15.4 Å². The molecule has 102 valence electrons. The molecule has 0 atom stereocenters. The van der Waals surface area contributed by atoms with Gasteiger partial charge in [-0.2, -0.15) is 0 Å². The van der Waals surface area contributed by atoms with Gasteiger partial charge < -0.3 is 14.6 Å². The van der Waals surface area contributed by atoms with Crippen molar-refractivity contribution in [3.8, 4) is 0 Å². The zero-order valence-corrected chi connectivity index (χ0v) is 11.4. The Morgan fingerprint density at radius 2 is 2.17 bits per heavy atom. The molecule has 1 amide bonds. The van der Waals surface area contributed by atoms with Gasteiger partial charge in [0.1, 0.15) is 10.7 Å². The second-order valence-electron chi connectivity index (χ2n) is 3.91. The Morgan fingerprint density at radius 1 is 1.56 bits per heavy atom. The lowest BCUT2D eigenvalue weighted by atomic mass is 10.4. The summed E-state index contributed by atoms with van der Waals surface area (Å²) in [7, 11) is -0.488. The van der Waals surface area contributed by atoms with Gasteiger partial charge in [-0.3, -0.25) is 4.79 Å². The first kappa shape index (κ1) is 14.7. The number of nitrogens with one attached hydrogen (secondary N) is 1. The van der Waals surface area contributed by atoms with E-state index in [4.69, 9.17) is 9.56 Å². The predicted molar refractivity (Wildman–Crippen MR) is 65.7 cm³/mol. The second-order valence-corrected chi connectivity index (χ2v) is 5.44. The van der Waals surface area contributed by atoms with Gasteiger partial charge in [-0.1, -0.05) is 0 Å². The molecule has 0 fully saturated rings. The predicted octanol–water partition coefficient (Wildman–Crippen LogP) is -0.473. The highest BCUT2D eigenvalue weighted by Gasteiger charge is 2.22. The fourth-order valence-corrected chi connectivity index (χ4v) is 2.14. The van der Waals surface area contributed by atoms with E-state index in [0.29, 0.717) is 13.1 Å². The van der Waals surface area contributed by atoms with E-state index in [1.54, 1.807) is 14.1 Å². The number of hydrogen-bond acceptors (Lipinski definition) is 5. The molecular weight excluding hydrogens is 258 g/mol. The summed E-state index contributed by atoms with van der Waals surface area (Å²) in [5.41, 5.74) is 0. The van der Waals surface area contributed by atoms with Gasteiger partial charge in [0.2, 0.25) is 10.0 Å². The van der Waals surface area contributed by atoms with Crippen molar-refractivity contribution in [2.24, 2.45) is 5.14 Å². The molecule has 0 aliphatic heterocycles. The average Bonchev–Trinajstić information content (AvgIpc) is 2.66. The molecular formula is C10H17N3O4S. The first-order valence-corrected chi connectivity index (χ1v) is 6.85. The standard InChI is InChI=1S/C10H17N3O4S/c1-7-9(18(11,15)16)6-8(17-7)10(14)13(3)5-4-12-2/h6,12H,4-5H2,1-3H3,(H2,11,15,16). The maximum absolute atomic E-state index is 11.9. The lowest BCUT2D eigenvalue weighted by molar-refractivity contribution is 0.0764. The minimum atomic E-state index is -3.87. The number of carbonyl (C=O) groups excluding carboxylic acids is 1. The van der Waals surface area contributed by atoms with Gasteiger partial charge in [-0.15, -0.1) is 0 Å². The molecule has 18 heavy (non-hydrogen) atoms. The fraction of sp³-hybridized carbons (Fsp3) is 0.500. The Balaban J connectivity index is 2.95. The van der Waals surface area contributed by atoms with Crippen LogP contribution < -0.4 is 10.5 Å². The van der Waals surface area contributed by atoms with Gasteiger partial charge in [0.15, 0.2) is 5.76 Å². The summed E-state index contributed by atoms with van der Waals surface area (Å²) >= 11 is 0. The summed E-state index contributed by atoms with van der Waals surface area (Å²) in [6, 6.07) is 1.16. The largest absolute Gasteiger partial charge is 0.455 e. The number of rotatable bonds is 5. The normalized spacial score (nSPS) is 11.6. The highest BCUT2D eigenvalue weighted by atomic mass is 32.2. The highest BCUT2D eigenvalue weighted by molar-refractivity contribution is 7.89. The van der Waals surface area contributed by atoms with Gasteiger partial charge in [-0.05, 0) is 14.0 Å². The molecule has 0 aromatic carbocycles. The monoisotopic (exact) mass is 275 g/mol. The number of nitrogens with zero attached hydrogens (tertiary/aromatic N) is 1. The molecule has 0 saturated carbocycles. The van der Waals surface area contributed by atoms with Crippen molar-refractivity contribution in [3.63, 3.8) is 0 Å². The summed E-state index contributed by atoms with van der Waals surface area (Å²) in [6.45, 7) is 2.56. The lowest BCUT2D eigenvalue weighted by Crippen LogP contribution is -2.32. The quantitative estimate of drug-likeness (QED) is 0.755. The first-order valence-electron chi connectivity index (χ1n) is 5.30. The molecule has 0 aliphatic carbocycles. The molecule has 1 aromatic heterocycles. The molecule has 0 bridgehead atoms. The van der Waals surface area contributed by atoms with Crippen LogP contribution in [0.5, 0.6) is 0 Å². The number of nitrogens with two attached hydrogens (primary N) is 1. The lowest BCUT2D eigenvalue weighted by Gasteiger charge is -2.14. The number of sulfonamides is 1. The zero-order chi connectivity index (χ0) is 13.9. The van der Waals surface area contributed by atoms with E-state index < -0.39 is 10.0 Å². The average molecular weight is 275 g/mol. The van der Waals surface area contributed by atoms with Gasteiger partial charge in [0, 0.05) is 26.2 Å². The summed E-state index contributed by atoms with van der Waals surface area (Å²) < 4.78 is 27.6. The number of hydrogen-bond donors (Lipinski definition) is 2. The van der Waals surface area contributed by atoms with E-state index in [9.17, 15) is 13.2 Å². The van der Waals surface area contributed by atoms with Crippen LogP contribution in [0.3, 0.4) is 0 Å². The van der Waals surface area contributed by atoms with Gasteiger partial charge in [0.05, 0.1) is 0 Å². The van der Waals surface area contributed by atoms with Crippen molar-refractivity contribution in [2.45, 2.75) is 11.8 Å². The van der Waals surface area contributed by atoms with Crippen molar-refractivity contribution in [3.05, 3.63) is 17.6 Å². The van der Waals surface area contributed by atoms with Crippen LogP contribution >= 0.6 is 0 Å². The number of primary sulfonamides is 1. The van der Waals surface area contributed by atoms with Crippen LogP contribution in [0.2, 0.25) is 0 Å². The molecule has 7 nitrogen and oxygen atoms in total. The van der Waals surface area contributed by atoms with Crippen LogP contribution in [0, 0.1) is 6.92 Å². The van der Waals surface area contributed by atoms with E-state index in [-0.39, 0.29) is 22.3 Å². The molecule has 0 aliphatic rings. The summed E-state index contributed by atoms with van der Waals surface area (Å²) in [5.74, 6) is -0.304. The van der Waals surface area contributed by atoms with E-state index in [1.807, 2.05) is 0 Å². The fourth-order valence-electron chi connectivity index (χ4n) is 1.42. The highest BCUT2D eigenvalue weighted by Crippen LogP contribution is 2.19. The van der Waals surface area contributed by atoms with Crippen LogP contribution in [0.25, 0.3) is 0 Å². The van der Waals surface area contributed by atoms with Gasteiger partial charge in [0.25, 0.3) is 5.91 Å². The third kappa shape index (κ3) is 3.31. The van der Waals surface area contributed by atoms with Crippen molar-refractivity contribution in [2.75, 3.05) is 27.2 Å². The Bertz CT molecular complexity index is 535. The van der Waals surface area contributed by atoms with Gasteiger partial charge in [-0.25, -0.2) is 13.6 Å². The molecule has 3 N–H and O–H groups in total. The van der Waals surface area contributed by atoms with Crippen LogP contribution in [-0.2, 0) is 10.0 Å². The first-order chi connectivity index (χ1) is 8.27. The third-order valence-electron chi connectivity index (χ3n) is 2.43. The van der Waals surface area contributed by atoms with E-state index >= 15 is 0 Å². The zero-order valence-electron chi connectivity index (χ0n) is 10.6. The Hall–Kier alpha value is -1.38. The van der Waals surface area contributed by atoms with Crippen LogP contribution in [-0.4, -0.2) is 46.4 Å². The number of amides is 1. The number of carbonyl (C=O) groups is 1. The van der Waals surface area contributed by atoms with Crippen molar-refractivity contribution >= 4 is 15.9 Å². The Labute approximate surface area is 106 Å². The Morgan fingerprint density at radius 3 is 2.61 bits per heavy atom. The number of likely N-dealkylation sites (N-methyl/N-ethyl adjacent to an activating group) is 2. The molecule has 1 aromatic rings. The number of furan rings is 1. The molecule has 0 radical (unpaired) electrons. The van der Waals surface area contributed by atoms with Crippen molar-refractivity contribution in [1.82, 2.24) is 10.2 Å². The number of aryl methyl sites for hydroxylation is 1. The topological polar surface area (TPSA) is 106 Å². The minimum absolute atomic E-state index is 0.0323. The van der Waals surface area contributed by atoms with Crippen molar-refractivity contribution in [1.29, 1.82) is 0 Å². The molecule has 0 spiro atoms. The third-order valence-corrected chi connectivity index (χ3v) is 3.45. The van der Waals surface area contributed by atoms with Crippen LogP contribution in [0.4, 0.5) is 0 Å². The molecule has 1 rings (SSSR count). The maximum Gasteiger partial charge on any atom is 0.289 e. The van der Waals surface area contributed by atoms with E-state index in [0.717, 1.165) is 6.07 Å². The minimum Gasteiger partial charge on any atom is -0.455 e. The van der Waals surface area contributed by atoms with E-state index in [1.165, 1.54) is 11.8 Å². The van der Waals surface area contributed by atoms with Crippen LogP contribution in [0.1, 0.15) is 16.3 Å². The van der Waals surface area contributed by atoms with Gasteiger partial charge >= 0.3 is 0 Å². The molecule has 1 heterocycles. The second kappa shape index (κ2) is 5.51. The Kier molecular flexibility index (Phi) is 4.49. The summed E-state index contributed by atoms with van der Waals surface area (Å²) in [5, 5.41) is 7.91. The maximum atomic E-state index is 11.9. The van der Waals surface area contributed by atoms with E-state index in [2.05, 4.69) is 5.32 Å². The molecule has 0 saturated heterocycles. The molecule has 0 unspecified atom stereocenters. The van der Waals surface area contributed by atoms with Crippen molar-refractivity contribution < 1.29 is 17.6 Å². The molecule has 8 heteroatoms. The summed E-state index contributed by atoms with van der Waals surface area (Å²) in [6.07, 6.45) is 0. The smallest absolute Gasteiger partial charge is 0.289 e. The SMILES string of the molecule is CNCCN(C)C(=O)c1cc(S(N)(=O)=O)c(C)o1.